The van der Waals surface area contributed by atoms with Crippen LogP contribution in [0.5, 0.6) is 0 Å². The quantitative estimate of drug-likeness (QED) is 0.907. The van der Waals surface area contributed by atoms with Gasteiger partial charge in [-0.05, 0) is 18.2 Å². The molecule has 1 spiro atoms. The van der Waals surface area contributed by atoms with Crippen LogP contribution in [0.1, 0.15) is 23.3 Å². The number of nitrogens with zero attached hydrogens (tertiary/aromatic N) is 3. The average Bonchev–Trinajstić information content (AvgIpc) is 3.26. The summed E-state index contributed by atoms with van der Waals surface area (Å²) in [5, 5.41) is 7.04. The molecule has 7 nitrogen and oxygen atoms in total. The molecular formula is C16H18N4O3. The van der Waals surface area contributed by atoms with E-state index in [-0.39, 0.29) is 5.91 Å². The van der Waals surface area contributed by atoms with Gasteiger partial charge in [0.05, 0.1) is 18.9 Å². The van der Waals surface area contributed by atoms with Gasteiger partial charge in [-0.15, -0.1) is 0 Å². The van der Waals surface area contributed by atoms with E-state index in [0.29, 0.717) is 44.8 Å². The first-order chi connectivity index (χ1) is 11.3. The summed E-state index contributed by atoms with van der Waals surface area (Å²) in [6.07, 6.45) is 4.85. The third kappa shape index (κ3) is 2.73. The molecule has 0 radical (unpaired) electrons. The summed E-state index contributed by atoms with van der Waals surface area (Å²) in [6, 6.07) is 5.53. The van der Waals surface area contributed by atoms with E-state index in [9.17, 15) is 4.79 Å². The summed E-state index contributed by atoms with van der Waals surface area (Å²) in [4.78, 5) is 18.5. The molecule has 0 unspecified atom stereocenters. The number of hydrogen-bond donors (Lipinski definition) is 1. The Morgan fingerprint density at radius 1 is 1.26 bits per heavy atom. The van der Waals surface area contributed by atoms with Gasteiger partial charge in [0.1, 0.15) is 5.69 Å². The molecule has 0 atom stereocenters. The highest BCUT2D eigenvalue weighted by Crippen LogP contribution is 2.31. The molecule has 4 rings (SSSR count). The Morgan fingerprint density at radius 3 is 2.74 bits per heavy atom. The predicted molar refractivity (Wildman–Crippen MR) is 81.6 cm³/mol. The van der Waals surface area contributed by atoms with Crippen LogP contribution in [0.15, 0.2) is 30.6 Å². The Balaban J connectivity index is 1.45. The molecule has 0 bridgehead atoms. The van der Waals surface area contributed by atoms with Crippen molar-refractivity contribution < 1.29 is 14.3 Å². The molecule has 120 valence electrons. The zero-order chi connectivity index (χ0) is 15.7. The first-order valence-electron chi connectivity index (χ1n) is 7.79. The van der Waals surface area contributed by atoms with Crippen molar-refractivity contribution >= 4 is 5.91 Å². The number of amides is 1. The van der Waals surface area contributed by atoms with Gasteiger partial charge in [-0.2, -0.15) is 5.10 Å². The van der Waals surface area contributed by atoms with E-state index in [1.807, 2.05) is 17.0 Å². The zero-order valence-corrected chi connectivity index (χ0v) is 12.7. The molecule has 2 aliphatic rings. The SMILES string of the molecule is O=C(c1cc(-c2cccnc2)n[nH]1)N1CCC2(CC1)OCCO2. The van der Waals surface area contributed by atoms with Crippen LogP contribution in [-0.4, -0.2) is 58.1 Å². The van der Waals surface area contributed by atoms with Gasteiger partial charge < -0.3 is 14.4 Å². The second kappa shape index (κ2) is 5.75. The Hall–Kier alpha value is -2.25. The number of rotatable bonds is 2. The molecule has 2 aromatic heterocycles. The lowest BCUT2D eigenvalue weighted by molar-refractivity contribution is -0.181. The number of aromatic amines is 1. The first kappa shape index (κ1) is 14.3. The fraction of sp³-hybridized carbons (Fsp3) is 0.438. The first-order valence-corrected chi connectivity index (χ1v) is 7.79. The summed E-state index contributed by atoms with van der Waals surface area (Å²) in [7, 11) is 0. The van der Waals surface area contributed by atoms with Gasteiger partial charge in [-0.25, -0.2) is 0 Å². The second-order valence-electron chi connectivity index (χ2n) is 5.81. The van der Waals surface area contributed by atoms with Crippen molar-refractivity contribution in [1.29, 1.82) is 0 Å². The fourth-order valence-electron chi connectivity index (χ4n) is 3.10. The van der Waals surface area contributed by atoms with Crippen LogP contribution in [-0.2, 0) is 9.47 Å². The minimum absolute atomic E-state index is 0.0412. The molecule has 2 aromatic rings. The largest absolute Gasteiger partial charge is 0.347 e. The lowest BCUT2D eigenvalue weighted by Gasteiger charge is -2.37. The predicted octanol–water partition coefficient (Wildman–Crippen LogP) is 1.45. The van der Waals surface area contributed by atoms with Crippen LogP contribution in [0.4, 0.5) is 0 Å². The molecule has 2 aliphatic heterocycles. The van der Waals surface area contributed by atoms with Gasteiger partial charge in [-0.3, -0.25) is 14.9 Å². The van der Waals surface area contributed by atoms with Crippen LogP contribution in [0.25, 0.3) is 11.3 Å². The molecule has 2 fully saturated rings. The Bertz CT molecular complexity index is 684. The summed E-state index contributed by atoms with van der Waals surface area (Å²) in [6.45, 7) is 2.53. The molecule has 4 heterocycles. The Labute approximate surface area is 133 Å². The van der Waals surface area contributed by atoms with Gasteiger partial charge in [0.25, 0.3) is 5.91 Å². The van der Waals surface area contributed by atoms with Crippen molar-refractivity contribution in [2.75, 3.05) is 26.3 Å². The highest BCUT2D eigenvalue weighted by Gasteiger charge is 2.41. The van der Waals surface area contributed by atoms with Gasteiger partial charge in [0, 0.05) is 43.9 Å². The van der Waals surface area contributed by atoms with E-state index >= 15 is 0 Å². The summed E-state index contributed by atoms with van der Waals surface area (Å²) < 4.78 is 11.4. The topological polar surface area (TPSA) is 80.3 Å². The summed E-state index contributed by atoms with van der Waals surface area (Å²) in [5.41, 5.74) is 2.10. The van der Waals surface area contributed by atoms with Crippen LogP contribution in [0.2, 0.25) is 0 Å². The number of carbonyl (C=O) groups is 1. The lowest BCUT2D eigenvalue weighted by Crippen LogP contribution is -2.47. The van der Waals surface area contributed by atoms with Crippen LogP contribution in [0, 0.1) is 0 Å². The molecular weight excluding hydrogens is 296 g/mol. The van der Waals surface area contributed by atoms with Crippen LogP contribution in [0.3, 0.4) is 0 Å². The van der Waals surface area contributed by atoms with E-state index in [1.165, 1.54) is 0 Å². The van der Waals surface area contributed by atoms with E-state index in [0.717, 1.165) is 11.3 Å². The monoisotopic (exact) mass is 314 g/mol. The fourth-order valence-corrected chi connectivity index (χ4v) is 3.10. The third-order valence-electron chi connectivity index (χ3n) is 4.39. The number of hydrogen-bond acceptors (Lipinski definition) is 5. The van der Waals surface area contributed by atoms with Gasteiger partial charge in [0.15, 0.2) is 5.79 Å². The molecule has 1 N–H and O–H groups in total. The molecule has 23 heavy (non-hydrogen) atoms. The van der Waals surface area contributed by atoms with Crippen molar-refractivity contribution in [3.63, 3.8) is 0 Å². The lowest BCUT2D eigenvalue weighted by atomic mass is 10.0. The van der Waals surface area contributed by atoms with Gasteiger partial charge in [-0.1, -0.05) is 0 Å². The van der Waals surface area contributed by atoms with Gasteiger partial charge in [0.2, 0.25) is 0 Å². The smallest absolute Gasteiger partial charge is 0.271 e. The van der Waals surface area contributed by atoms with E-state index in [4.69, 9.17) is 9.47 Å². The number of piperidine rings is 1. The number of nitrogens with one attached hydrogen (secondary N) is 1. The molecule has 7 heteroatoms. The van der Waals surface area contributed by atoms with Gasteiger partial charge >= 0.3 is 0 Å². The average molecular weight is 314 g/mol. The third-order valence-corrected chi connectivity index (χ3v) is 4.39. The normalized spacial score (nSPS) is 20.1. The number of ether oxygens (including phenoxy) is 2. The summed E-state index contributed by atoms with van der Waals surface area (Å²) >= 11 is 0. The highest BCUT2D eigenvalue weighted by molar-refractivity contribution is 5.93. The summed E-state index contributed by atoms with van der Waals surface area (Å²) in [5.74, 6) is -0.508. The molecule has 0 saturated carbocycles. The molecule has 0 aromatic carbocycles. The maximum absolute atomic E-state index is 12.6. The molecule has 0 aliphatic carbocycles. The van der Waals surface area contributed by atoms with Crippen molar-refractivity contribution in [2.45, 2.75) is 18.6 Å². The number of H-pyrrole nitrogens is 1. The standard InChI is InChI=1S/C16H18N4O3/c21-15(20-6-3-16(4-7-20)22-8-9-23-16)14-10-13(18-19-14)12-2-1-5-17-11-12/h1-2,5,10-11H,3-4,6-9H2,(H,18,19). The van der Waals surface area contributed by atoms with Crippen molar-refractivity contribution in [3.8, 4) is 11.3 Å². The van der Waals surface area contributed by atoms with Crippen molar-refractivity contribution in [2.24, 2.45) is 0 Å². The van der Waals surface area contributed by atoms with E-state index in [1.54, 1.807) is 18.5 Å². The van der Waals surface area contributed by atoms with E-state index < -0.39 is 5.79 Å². The minimum Gasteiger partial charge on any atom is -0.347 e. The molecule has 2 saturated heterocycles. The minimum atomic E-state index is -0.467. The second-order valence-corrected chi connectivity index (χ2v) is 5.81. The zero-order valence-electron chi connectivity index (χ0n) is 12.7. The number of likely N-dealkylation sites (tertiary alicyclic amines) is 1. The van der Waals surface area contributed by atoms with Crippen LogP contribution >= 0.6 is 0 Å². The van der Waals surface area contributed by atoms with Crippen molar-refractivity contribution in [1.82, 2.24) is 20.1 Å². The number of pyridine rings is 1. The maximum Gasteiger partial charge on any atom is 0.271 e. The Morgan fingerprint density at radius 2 is 2.04 bits per heavy atom. The molecule has 1 amide bonds. The highest BCUT2D eigenvalue weighted by atomic mass is 16.7. The Kier molecular flexibility index (Phi) is 3.59. The number of carbonyl (C=O) groups excluding carboxylic acids is 1. The van der Waals surface area contributed by atoms with Crippen molar-refractivity contribution in [3.05, 3.63) is 36.3 Å². The number of aromatic nitrogens is 3. The maximum atomic E-state index is 12.6. The van der Waals surface area contributed by atoms with Crippen LogP contribution < -0.4 is 0 Å². The van der Waals surface area contributed by atoms with E-state index in [2.05, 4.69) is 15.2 Å².